The summed E-state index contributed by atoms with van der Waals surface area (Å²) in [6, 6.07) is 7.11. The van der Waals surface area contributed by atoms with Gasteiger partial charge in [0.05, 0.1) is 16.5 Å². The first-order valence-corrected chi connectivity index (χ1v) is 8.56. The van der Waals surface area contributed by atoms with Gasteiger partial charge in [-0.1, -0.05) is 11.6 Å². The minimum Gasteiger partial charge on any atom is -0.361 e. The maximum Gasteiger partial charge on any atom is 0.258 e. The van der Waals surface area contributed by atoms with Crippen LogP contribution in [0, 0.1) is 12.3 Å². The molecule has 0 aliphatic heterocycles. The molecule has 3 rings (SSSR count). The molecule has 0 unspecified atom stereocenters. The Kier molecular flexibility index (Phi) is 5.42. The van der Waals surface area contributed by atoms with Crippen molar-refractivity contribution in [2.24, 2.45) is 0 Å². The van der Waals surface area contributed by atoms with Crippen molar-refractivity contribution in [1.82, 2.24) is 15.3 Å². The highest BCUT2D eigenvalue weighted by Crippen LogP contribution is 2.17. The van der Waals surface area contributed by atoms with Crippen molar-refractivity contribution < 1.29 is 4.79 Å². The van der Waals surface area contributed by atoms with Gasteiger partial charge >= 0.3 is 0 Å². The number of hydrogen-bond acceptors (Lipinski definition) is 4. The third kappa shape index (κ3) is 4.09. The topological polar surface area (TPSA) is 114 Å². The van der Waals surface area contributed by atoms with E-state index in [0.29, 0.717) is 21.5 Å². The number of rotatable bonds is 6. The smallest absolute Gasteiger partial charge is 0.258 e. The van der Waals surface area contributed by atoms with Crippen molar-refractivity contribution in [3.63, 3.8) is 0 Å². The number of halogens is 1. The van der Waals surface area contributed by atoms with Gasteiger partial charge in [-0.05, 0) is 36.8 Å². The summed E-state index contributed by atoms with van der Waals surface area (Å²) >= 11 is 5.84. The Morgan fingerprint density at radius 1 is 1.22 bits per heavy atom. The Bertz CT molecular complexity index is 1080. The standard InChI is InChI=1S/C19H18ClN5O2/c1-11-7-24-19(27)16-15(10-23-17(11)16)18(26)25-9-12(6-21)8-22-14-4-2-13(20)3-5-14/h2-8,10,21-23H,9H2,1H3,(H,24,27)(H,25,26)/b12-8+,21-6?. The molecule has 0 saturated heterocycles. The van der Waals surface area contributed by atoms with Crippen molar-refractivity contribution in [3.05, 3.63) is 74.9 Å². The number of aromatic nitrogens is 2. The Balaban J connectivity index is 1.71. The Morgan fingerprint density at radius 3 is 2.67 bits per heavy atom. The first kappa shape index (κ1) is 18.5. The zero-order chi connectivity index (χ0) is 19.4. The van der Waals surface area contributed by atoms with Crippen LogP contribution in [0.25, 0.3) is 10.9 Å². The maximum atomic E-state index is 12.5. The van der Waals surface area contributed by atoms with E-state index >= 15 is 0 Å². The van der Waals surface area contributed by atoms with E-state index in [-0.39, 0.29) is 17.7 Å². The van der Waals surface area contributed by atoms with Crippen molar-refractivity contribution in [2.45, 2.75) is 6.92 Å². The molecule has 2 aromatic heterocycles. The molecule has 138 valence electrons. The fraction of sp³-hybridized carbons (Fsp3) is 0.105. The average Bonchev–Trinajstić information content (AvgIpc) is 3.12. The zero-order valence-corrected chi connectivity index (χ0v) is 15.3. The third-order valence-corrected chi connectivity index (χ3v) is 4.32. The van der Waals surface area contributed by atoms with Crippen LogP contribution < -0.4 is 16.2 Å². The normalized spacial score (nSPS) is 11.4. The molecule has 27 heavy (non-hydrogen) atoms. The van der Waals surface area contributed by atoms with Gasteiger partial charge < -0.3 is 26.0 Å². The monoisotopic (exact) mass is 383 g/mol. The molecule has 0 aliphatic carbocycles. The van der Waals surface area contributed by atoms with E-state index in [2.05, 4.69) is 20.6 Å². The highest BCUT2D eigenvalue weighted by Gasteiger charge is 2.16. The van der Waals surface area contributed by atoms with Gasteiger partial charge in [-0.3, -0.25) is 9.59 Å². The van der Waals surface area contributed by atoms with Gasteiger partial charge in [-0.15, -0.1) is 0 Å². The summed E-state index contributed by atoms with van der Waals surface area (Å²) in [7, 11) is 0. The van der Waals surface area contributed by atoms with Crippen molar-refractivity contribution in [2.75, 3.05) is 11.9 Å². The van der Waals surface area contributed by atoms with Crippen LogP contribution in [0.15, 0.2) is 53.2 Å². The number of fused-ring (bicyclic) bond motifs is 1. The molecule has 5 N–H and O–H groups in total. The van der Waals surface area contributed by atoms with Crippen molar-refractivity contribution in [1.29, 1.82) is 5.41 Å². The summed E-state index contributed by atoms with van der Waals surface area (Å²) in [5.74, 6) is -0.392. The van der Waals surface area contributed by atoms with Gasteiger partial charge in [0.25, 0.3) is 11.5 Å². The maximum absolute atomic E-state index is 12.5. The van der Waals surface area contributed by atoms with E-state index in [1.54, 1.807) is 36.7 Å². The number of benzene rings is 1. The molecule has 0 fully saturated rings. The first-order chi connectivity index (χ1) is 13.0. The van der Waals surface area contributed by atoms with Gasteiger partial charge in [-0.25, -0.2) is 0 Å². The number of carbonyl (C=O) groups excluding carboxylic acids is 1. The van der Waals surface area contributed by atoms with Crippen LogP contribution in [0.1, 0.15) is 15.9 Å². The third-order valence-electron chi connectivity index (χ3n) is 4.07. The quantitative estimate of drug-likeness (QED) is 0.421. The number of H-pyrrole nitrogens is 2. The molecule has 0 spiro atoms. The molecule has 0 aliphatic rings. The SMILES string of the molecule is Cc1c[nH]c(=O)c2c(C(=O)NC/C(C=N)=C/Nc3ccc(Cl)cc3)c[nH]c12. The molecular formula is C19H18ClN5O2. The molecule has 8 heteroatoms. The van der Waals surface area contributed by atoms with Crippen LogP contribution in [0.4, 0.5) is 5.69 Å². The number of aromatic amines is 2. The second kappa shape index (κ2) is 7.92. The molecular weight excluding hydrogens is 366 g/mol. The molecule has 0 bridgehead atoms. The molecule has 7 nitrogen and oxygen atoms in total. The molecule has 0 radical (unpaired) electrons. The molecule has 1 aromatic carbocycles. The van der Waals surface area contributed by atoms with E-state index < -0.39 is 5.91 Å². The van der Waals surface area contributed by atoms with E-state index in [1.165, 1.54) is 6.20 Å². The van der Waals surface area contributed by atoms with Crippen LogP contribution in [0.3, 0.4) is 0 Å². The largest absolute Gasteiger partial charge is 0.361 e. The van der Waals surface area contributed by atoms with Gasteiger partial charge in [0, 0.05) is 47.6 Å². The van der Waals surface area contributed by atoms with Gasteiger partial charge in [0.1, 0.15) is 0 Å². The Labute approximate surface area is 160 Å². The lowest BCUT2D eigenvalue weighted by molar-refractivity contribution is 0.0959. The summed E-state index contributed by atoms with van der Waals surface area (Å²) in [6.45, 7) is 1.98. The predicted molar refractivity (Wildman–Crippen MR) is 108 cm³/mol. The van der Waals surface area contributed by atoms with E-state index in [4.69, 9.17) is 17.0 Å². The molecule has 2 heterocycles. The summed E-state index contributed by atoms with van der Waals surface area (Å²) in [5.41, 5.74) is 2.79. The number of nitrogens with one attached hydrogen (secondary N) is 5. The lowest BCUT2D eigenvalue weighted by atomic mass is 10.1. The number of aryl methyl sites for hydroxylation is 1. The lowest BCUT2D eigenvalue weighted by Crippen LogP contribution is -2.27. The fourth-order valence-electron chi connectivity index (χ4n) is 2.61. The van der Waals surface area contributed by atoms with E-state index in [0.717, 1.165) is 17.5 Å². The molecule has 0 saturated carbocycles. The molecule has 1 amide bonds. The highest BCUT2D eigenvalue weighted by molar-refractivity contribution is 6.30. The van der Waals surface area contributed by atoms with Crippen molar-refractivity contribution >= 4 is 40.3 Å². The van der Waals surface area contributed by atoms with E-state index in [9.17, 15) is 9.59 Å². The Hall–Kier alpha value is -3.32. The lowest BCUT2D eigenvalue weighted by Gasteiger charge is -2.07. The zero-order valence-electron chi connectivity index (χ0n) is 14.5. The second-order valence-electron chi connectivity index (χ2n) is 5.95. The minimum atomic E-state index is -0.392. The molecule has 0 atom stereocenters. The highest BCUT2D eigenvalue weighted by atomic mass is 35.5. The summed E-state index contributed by atoms with van der Waals surface area (Å²) in [4.78, 5) is 30.2. The van der Waals surface area contributed by atoms with Gasteiger partial charge in [-0.2, -0.15) is 0 Å². The number of anilines is 1. The number of amides is 1. The van der Waals surface area contributed by atoms with Crippen LogP contribution in [-0.4, -0.2) is 28.6 Å². The fourth-order valence-corrected chi connectivity index (χ4v) is 2.74. The van der Waals surface area contributed by atoms with Crippen molar-refractivity contribution in [3.8, 4) is 0 Å². The molecule has 3 aromatic rings. The summed E-state index contributed by atoms with van der Waals surface area (Å²) in [6.07, 6.45) is 5.89. The summed E-state index contributed by atoms with van der Waals surface area (Å²) in [5, 5.41) is 14.2. The van der Waals surface area contributed by atoms with Gasteiger partial charge in [0.15, 0.2) is 0 Å². The van der Waals surface area contributed by atoms with Crippen LogP contribution in [0.2, 0.25) is 5.02 Å². The minimum absolute atomic E-state index is 0.138. The number of pyridine rings is 1. The van der Waals surface area contributed by atoms with Crippen LogP contribution >= 0.6 is 11.6 Å². The predicted octanol–water partition coefficient (Wildman–Crippen LogP) is 3.19. The van der Waals surface area contributed by atoms with E-state index in [1.807, 2.05) is 6.92 Å². The number of carbonyl (C=O) groups is 1. The second-order valence-corrected chi connectivity index (χ2v) is 6.39. The average molecular weight is 384 g/mol. The van der Waals surface area contributed by atoms with Gasteiger partial charge in [0.2, 0.25) is 0 Å². The van der Waals surface area contributed by atoms with Crippen LogP contribution in [-0.2, 0) is 0 Å². The van der Waals surface area contributed by atoms with Crippen LogP contribution in [0.5, 0.6) is 0 Å². The summed E-state index contributed by atoms with van der Waals surface area (Å²) < 4.78 is 0. The Morgan fingerprint density at radius 2 is 1.96 bits per heavy atom. The number of hydrogen-bond donors (Lipinski definition) is 5. The first-order valence-electron chi connectivity index (χ1n) is 8.19.